The van der Waals surface area contributed by atoms with Gasteiger partial charge < -0.3 is 5.32 Å². The summed E-state index contributed by atoms with van der Waals surface area (Å²) in [5, 5.41) is 4.58. The van der Waals surface area contributed by atoms with Gasteiger partial charge in [0.2, 0.25) is 5.91 Å². The van der Waals surface area contributed by atoms with Crippen molar-refractivity contribution in [3.63, 3.8) is 0 Å². The number of aromatic nitrogens is 2. The molecular weight excluding hydrogens is 382 g/mol. The molecule has 1 aromatic heterocycles. The number of amides is 1. The lowest BCUT2D eigenvalue weighted by molar-refractivity contribution is -0.119. The van der Waals surface area contributed by atoms with Gasteiger partial charge in [-0.25, -0.2) is 4.98 Å². The second kappa shape index (κ2) is 8.93. The first-order valence-electron chi connectivity index (χ1n) is 9.21. The van der Waals surface area contributed by atoms with Gasteiger partial charge in [0.1, 0.15) is 0 Å². The van der Waals surface area contributed by atoms with Crippen molar-refractivity contribution in [2.45, 2.75) is 50.4 Å². The van der Waals surface area contributed by atoms with Gasteiger partial charge in [-0.1, -0.05) is 36.4 Å². The fourth-order valence-corrected chi connectivity index (χ4v) is 4.37. The molecule has 0 aliphatic heterocycles. The third kappa shape index (κ3) is 4.93. The number of allylic oxidation sites excluding steroid dienone is 1. The molecule has 27 heavy (non-hydrogen) atoms. The van der Waals surface area contributed by atoms with Crippen LogP contribution >= 0.6 is 23.4 Å². The van der Waals surface area contributed by atoms with Crippen LogP contribution in [0.25, 0.3) is 10.9 Å². The molecule has 1 amide bonds. The van der Waals surface area contributed by atoms with E-state index in [1.807, 2.05) is 0 Å². The number of rotatable bonds is 6. The van der Waals surface area contributed by atoms with Gasteiger partial charge in [-0.3, -0.25) is 14.2 Å². The van der Waals surface area contributed by atoms with Crippen LogP contribution in [0.1, 0.15) is 32.6 Å². The maximum atomic E-state index is 12.8. The molecular formula is C20H24ClN3O2S. The number of carbonyl (C=O) groups is 1. The molecule has 5 nitrogen and oxygen atoms in total. The minimum atomic E-state index is -0.174. The normalized spacial score (nSPS) is 19.8. The van der Waals surface area contributed by atoms with Gasteiger partial charge in [0, 0.05) is 17.6 Å². The summed E-state index contributed by atoms with van der Waals surface area (Å²) >= 11 is 7.29. The van der Waals surface area contributed by atoms with Crippen LogP contribution in [-0.4, -0.2) is 27.3 Å². The van der Waals surface area contributed by atoms with Crippen molar-refractivity contribution >= 4 is 40.2 Å². The zero-order chi connectivity index (χ0) is 19.4. The lowest BCUT2D eigenvalue weighted by Gasteiger charge is -2.26. The number of hydrogen-bond acceptors (Lipinski definition) is 4. The Balaban J connectivity index is 1.74. The van der Waals surface area contributed by atoms with Crippen molar-refractivity contribution in [2.75, 3.05) is 5.75 Å². The fraction of sp³-hybridized carbons (Fsp3) is 0.450. The molecule has 1 N–H and O–H groups in total. The maximum Gasteiger partial charge on any atom is 0.262 e. The molecule has 1 heterocycles. The molecule has 1 saturated carbocycles. The van der Waals surface area contributed by atoms with E-state index in [-0.39, 0.29) is 23.3 Å². The summed E-state index contributed by atoms with van der Waals surface area (Å²) < 4.78 is 1.53. The van der Waals surface area contributed by atoms with Gasteiger partial charge in [0.25, 0.3) is 5.56 Å². The summed E-state index contributed by atoms with van der Waals surface area (Å²) in [6.07, 6.45) is 6.03. The minimum absolute atomic E-state index is 0.0184. The molecule has 0 bridgehead atoms. The predicted molar refractivity (Wildman–Crippen MR) is 111 cm³/mol. The van der Waals surface area contributed by atoms with Gasteiger partial charge in [-0.15, -0.1) is 6.58 Å². The lowest BCUT2D eigenvalue weighted by atomic mass is 9.87. The Morgan fingerprint density at radius 3 is 2.85 bits per heavy atom. The highest BCUT2D eigenvalue weighted by Gasteiger charge is 2.20. The van der Waals surface area contributed by atoms with E-state index in [1.165, 1.54) is 16.3 Å². The lowest BCUT2D eigenvalue weighted by Crippen LogP contribution is -2.38. The SMILES string of the molecule is C=CCn1c(SCC(=O)NC2CCC(C)CC2)nc2ccc(Cl)cc2c1=O. The molecule has 0 spiro atoms. The molecule has 2 aromatic rings. The van der Waals surface area contributed by atoms with Crippen molar-refractivity contribution in [3.8, 4) is 0 Å². The summed E-state index contributed by atoms with van der Waals surface area (Å²) in [6, 6.07) is 5.32. The monoisotopic (exact) mass is 405 g/mol. The van der Waals surface area contributed by atoms with Crippen LogP contribution in [0.15, 0.2) is 40.8 Å². The number of halogens is 1. The Hall–Kier alpha value is -1.79. The topological polar surface area (TPSA) is 64.0 Å². The van der Waals surface area contributed by atoms with Crippen molar-refractivity contribution in [1.82, 2.24) is 14.9 Å². The van der Waals surface area contributed by atoms with Crippen LogP contribution in [0.5, 0.6) is 0 Å². The van der Waals surface area contributed by atoms with Crippen LogP contribution < -0.4 is 10.9 Å². The highest BCUT2D eigenvalue weighted by atomic mass is 35.5. The smallest absolute Gasteiger partial charge is 0.262 e. The molecule has 1 aliphatic carbocycles. The third-order valence-corrected chi connectivity index (χ3v) is 6.12. The van der Waals surface area contributed by atoms with Crippen LogP contribution in [0.3, 0.4) is 0 Å². The van der Waals surface area contributed by atoms with E-state index in [4.69, 9.17) is 11.6 Å². The predicted octanol–water partition coefficient (Wildman–Crippen LogP) is 4.02. The average Bonchev–Trinajstić information content (AvgIpc) is 2.65. The van der Waals surface area contributed by atoms with Gasteiger partial charge in [-0.2, -0.15) is 0 Å². The second-order valence-corrected chi connectivity index (χ2v) is 8.45. The van der Waals surface area contributed by atoms with Gasteiger partial charge in [-0.05, 0) is 49.8 Å². The first-order valence-corrected chi connectivity index (χ1v) is 10.6. The molecule has 3 rings (SSSR count). The fourth-order valence-electron chi connectivity index (χ4n) is 3.38. The quantitative estimate of drug-likeness (QED) is 0.448. The summed E-state index contributed by atoms with van der Waals surface area (Å²) in [5.41, 5.74) is 0.403. The third-order valence-electron chi connectivity index (χ3n) is 4.91. The standard InChI is InChI=1S/C20H24ClN3O2S/c1-3-10-24-19(26)16-11-14(21)6-9-17(16)23-20(24)27-12-18(25)22-15-7-4-13(2)5-8-15/h3,6,9,11,13,15H,1,4-5,7-8,10,12H2,2H3,(H,22,25). The number of thioether (sulfide) groups is 1. The number of nitrogens with one attached hydrogen (secondary N) is 1. The van der Waals surface area contributed by atoms with Gasteiger partial charge in [0.15, 0.2) is 5.16 Å². The van der Waals surface area contributed by atoms with E-state index >= 15 is 0 Å². The summed E-state index contributed by atoms with van der Waals surface area (Å²) in [6.45, 7) is 6.30. The first kappa shape index (κ1) is 20.0. The largest absolute Gasteiger partial charge is 0.353 e. The van der Waals surface area contributed by atoms with Crippen molar-refractivity contribution in [2.24, 2.45) is 5.92 Å². The van der Waals surface area contributed by atoms with Crippen LogP contribution in [0.2, 0.25) is 5.02 Å². The van der Waals surface area contributed by atoms with E-state index in [9.17, 15) is 9.59 Å². The van der Waals surface area contributed by atoms with E-state index in [1.54, 1.807) is 24.3 Å². The molecule has 144 valence electrons. The maximum absolute atomic E-state index is 12.8. The second-order valence-electron chi connectivity index (χ2n) is 7.07. The Labute approximate surface area is 168 Å². The number of carbonyl (C=O) groups excluding carboxylic acids is 1. The van der Waals surface area contributed by atoms with Crippen LogP contribution in [0.4, 0.5) is 0 Å². The highest BCUT2D eigenvalue weighted by molar-refractivity contribution is 7.99. The molecule has 1 aromatic carbocycles. The first-order chi connectivity index (χ1) is 13.0. The summed E-state index contributed by atoms with van der Waals surface area (Å²) in [5.74, 6) is 0.959. The molecule has 1 fully saturated rings. The summed E-state index contributed by atoms with van der Waals surface area (Å²) in [7, 11) is 0. The summed E-state index contributed by atoms with van der Waals surface area (Å²) in [4.78, 5) is 29.7. The Morgan fingerprint density at radius 1 is 1.41 bits per heavy atom. The Morgan fingerprint density at radius 2 is 2.15 bits per heavy atom. The Bertz CT molecular complexity index is 904. The van der Waals surface area contributed by atoms with Gasteiger partial charge >= 0.3 is 0 Å². The van der Waals surface area contributed by atoms with E-state index in [0.717, 1.165) is 31.6 Å². The average molecular weight is 406 g/mol. The van der Waals surface area contributed by atoms with E-state index in [0.29, 0.717) is 27.6 Å². The molecule has 7 heteroatoms. The molecule has 1 aliphatic rings. The van der Waals surface area contributed by atoms with Crippen LogP contribution in [-0.2, 0) is 11.3 Å². The number of benzene rings is 1. The molecule has 0 unspecified atom stereocenters. The zero-order valence-corrected chi connectivity index (χ0v) is 17.0. The molecule has 0 radical (unpaired) electrons. The molecule has 0 atom stereocenters. The van der Waals surface area contributed by atoms with Crippen molar-refractivity contribution in [3.05, 3.63) is 46.2 Å². The Kier molecular flexibility index (Phi) is 6.60. The van der Waals surface area contributed by atoms with Crippen molar-refractivity contribution in [1.29, 1.82) is 0 Å². The number of fused-ring (bicyclic) bond motifs is 1. The van der Waals surface area contributed by atoms with E-state index in [2.05, 4.69) is 23.8 Å². The molecule has 0 saturated heterocycles. The number of hydrogen-bond donors (Lipinski definition) is 1. The minimum Gasteiger partial charge on any atom is -0.353 e. The van der Waals surface area contributed by atoms with E-state index < -0.39 is 0 Å². The van der Waals surface area contributed by atoms with Crippen molar-refractivity contribution < 1.29 is 4.79 Å². The van der Waals surface area contributed by atoms with Gasteiger partial charge in [0.05, 0.1) is 16.7 Å². The zero-order valence-electron chi connectivity index (χ0n) is 15.4. The highest BCUT2D eigenvalue weighted by Crippen LogP contribution is 2.24. The number of nitrogens with zero attached hydrogens (tertiary/aromatic N) is 2. The van der Waals surface area contributed by atoms with Crippen LogP contribution in [0, 0.1) is 5.92 Å².